The van der Waals surface area contributed by atoms with Crippen LogP contribution in [-0.2, 0) is 0 Å². The monoisotopic (exact) mass is 226 g/mol. The number of nitrogens with zero attached hydrogens (tertiary/aromatic N) is 1. The zero-order chi connectivity index (χ0) is 7.73. The zero-order valence-corrected chi connectivity index (χ0v) is 9.63. The molecule has 2 nitrogen and oxygen atoms in total. The highest BCUT2D eigenvalue weighted by Gasteiger charge is 2.42. The van der Waals surface area contributed by atoms with E-state index in [1.54, 1.807) is 0 Å². The minimum absolute atomic E-state index is 0. The summed E-state index contributed by atoms with van der Waals surface area (Å²) >= 11 is 0. The SMILES string of the molecule is Cl.Cl.NCCC12CCCN1CCC2. The lowest BCUT2D eigenvalue weighted by molar-refractivity contribution is 0.185. The Labute approximate surface area is 93.1 Å². The molecule has 0 amide bonds. The van der Waals surface area contributed by atoms with Crippen LogP contribution in [0.3, 0.4) is 0 Å². The van der Waals surface area contributed by atoms with E-state index in [1.807, 2.05) is 0 Å². The second-order valence-corrected chi connectivity index (χ2v) is 3.96. The number of hydrogen-bond acceptors (Lipinski definition) is 2. The van der Waals surface area contributed by atoms with Gasteiger partial charge >= 0.3 is 0 Å². The van der Waals surface area contributed by atoms with Crippen molar-refractivity contribution in [1.29, 1.82) is 0 Å². The molecule has 2 heterocycles. The maximum atomic E-state index is 5.63. The van der Waals surface area contributed by atoms with Crippen LogP contribution in [0.1, 0.15) is 32.1 Å². The van der Waals surface area contributed by atoms with Gasteiger partial charge in [0.15, 0.2) is 0 Å². The van der Waals surface area contributed by atoms with Crippen LogP contribution in [0.5, 0.6) is 0 Å². The Kier molecular flexibility index (Phi) is 5.61. The molecule has 2 N–H and O–H groups in total. The summed E-state index contributed by atoms with van der Waals surface area (Å²) in [4.78, 5) is 2.67. The smallest absolute Gasteiger partial charge is 0.0222 e. The second-order valence-electron chi connectivity index (χ2n) is 3.96. The van der Waals surface area contributed by atoms with E-state index in [0.29, 0.717) is 5.54 Å². The van der Waals surface area contributed by atoms with Crippen molar-refractivity contribution in [2.75, 3.05) is 19.6 Å². The topological polar surface area (TPSA) is 29.3 Å². The van der Waals surface area contributed by atoms with Gasteiger partial charge in [-0.15, -0.1) is 24.8 Å². The van der Waals surface area contributed by atoms with Gasteiger partial charge in [-0.1, -0.05) is 0 Å². The zero-order valence-electron chi connectivity index (χ0n) is 8.00. The first-order chi connectivity index (χ1) is 5.37. The molecule has 0 aromatic rings. The van der Waals surface area contributed by atoms with E-state index in [0.717, 1.165) is 6.54 Å². The Morgan fingerprint density at radius 2 is 1.62 bits per heavy atom. The van der Waals surface area contributed by atoms with E-state index in [4.69, 9.17) is 5.73 Å². The standard InChI is InChI=1S/C9H18N2.2ClH/c10-6-5-9-3-1-7-11(9)8-2-4-9;;/h1-8,10H2;2*1H. The lowest BCUT2D eigenvalue weighted by Crippen LogP contribution is -2.39. The first-order valence-corrected chi connectivity index (χ1v) is 4.82. The average Bonchev–Trinajstić information content (AvgIpc) is 2.45. The molecule has 80 valence electrons. The number of fused-ring (bicyclic) bond motifs is 1. The third-order valence-corrected chi connectivity index (χ3v) is 3.42. The summed E-state index contributed by atoms with van der Waals surface area (Å²) in [5.41, 5.74) is 6.20. The Balaban J connectivity index is 0.000000720. The van der Waals surface area contributed by atoms with E-state index >= 15 is 0 Å². The van der Waals surface area contributed by atoms with Crippen LogP contribution in [0.4, 0.5) is 0 Å². The van der Waals surface area contributed by atoms with Gasteiger partial charge < -0.3 is 5.73 Å². The summed E-state index contributed by atoms with van der Waals surface area (Å²) in [6.07, 6.45) is 6.85. The molecule has 2 aliphatic heterocycles. The normalized spacial score (nSPS) is 24.7. The average molecular weight is 227 g/mol. The minimum atomic E-state index is 0. The van der Waals surface area contributed by atoms with Gasteiger partial charge in [0.05, 0.1) is 0 Å². The number of halogens is 2. The lowest BCUT2D eigenvalue weighted by atomic mass is 9.90. The quantitative estimate of drug-likeness (QED) is 0.779. The van der Waals surface area contributed by atoms with Gasteiger partial charge in [0.2, 0.25) is 0 Å². The van der Waals surface area contributed by atoms with Crippen molar-refractivity contribution in [2.45, 2.75) is 37.6 Å². The molecule has 0 spiro atoms. The Morgan fingerprint density at radius 1 is 1.08 bits per heavy atom. The van der Waals surface area contributed by atoms with E-state index in [9.17, 15) is 0 Å². The van der Waals surface area contributed by atoms with E-state index in [1.165, 1.54) is 45.2 Å². The molecule has 0 aromatic heterocycles. The van der Waals surface area contributed by atoms with Crippen molar-refractivity contribution in [3.05, 3.63) is 0 Å². The predicted molar refractivity (Wildman–Crippen MR) is 60.9 cm³/mol. The number of nitrogens with two attached hydrogens (primary N) is 1. The number of hydrogen-bond donors (Lipinski definition) is 1. The predicted octanol–water partition coefficient (Wildman–Crippen LogP) is 1.81. The summed E-state index contributed by atoms with van der Waals surface area (Å²) in [6, 6.07) is 0. The molecule has 0 atom stereocenters. The fraction of sp³-hybridized carbons (Fsp3) is 1.00. The summed E-state index contributed by atoms with van der Waals surface area (Å²) in [7, 11) is 0. The van der Waals surface area contributed by atoms with E-state index < -0.39 is 0 Å². The van der Waals surface area contributed by atoms with Crippen LogP contribution in [0, 0.1) is 0 Å². The van der Waals surface area contributed by atoms with Crippen molar-refractivity contribution >= 4 is 24.8 Å². The molecule has 13 heavy (non-hydrogen) atoms. The van der Waals surface area contributed by atoms with Crippen molar-refractivity contribution in [2.24, 2.45) is 5.73 Å². The molecule has 2 saturated heterocycles. The third-order valence-electron chi connectivity index (χ3n) is 3.42. The van der Waals surface area contributed by atoms with Crippen LogP contribution in [0.25, 0.3) is 0 Å². The summed E-state index contributed by atoms with van der Waals surface area (Å²) < 4.78 is 0. The van der Waals surface area contributed by atoms with Crippen molar-refractivity contribution < 1.29 is 0 Å². The van der Waals surface area contributed by atoms with Gasteiger partial charge in [-0.25, -0.2) is 0 Å². The molecule has 4 heteroatoms. The summed E-state index contributed by atoms with van der Waals surface area (Å²) in [6.45, 7) is 3.54. The van der Waals surface area contributed by atoms with Crippen LogP contribution in [0.2, 0.25) is 0 Å². The molecular formula is C9H20Cl2N2. The fourth-order valence-electron chi connectivity index (χ4n) is 2.90. The molecule has 0 radical (unpaired) electrons. The third kappa shape index (κ3) is 2.30. The molecule has 2 aliphatic rings. The molecular weight excluding hydrogens is 207 g/mol. The first-order valence-electron chi connectivity index (χ1n) is 4.82. The van der Waals surface area contributed by atoms with Crippen molar-refractivity contribution in [1.82, 2.24) is 4.90 Å². The number of rotatable bonds is 2. The molecule has 0 unspecified atom stereocenters. The summed E-state index contributed by atoms with van der Waals surface area (Å²) in [5.74, 6) is 0. The van der Waals surface area contributed by atoms with E-state index in [2.05, 4.69) is 4.90 Å². The highest BCUT2D eigenvalue weighted by Crippen LogP contribution is 2.40. The Bertz CT molecular complexity index is 143. The van der Waals surface area contributed by atoms with Crippen LogP contribution in [-0.4, -0.2) is 30.1 Å². The van der Waals surface area contributed by atoms with Gasteiger partial charge in [-0.05, 0) is 51.7 Å². The van der Waals surface area contributed by atoms with Gasteiger partial charge in [0.1, 0.15) is 0 Å². The minimum Gasteiger partial charge on any atom is -0.330 e. The van der Waals surface area contributed by atoms with Crippen LogP contribution < -0.4 is 5.73 Å². The van der Waals surface area contributed by atoms with Crippen molar-refractivity contribution in [3.8, 4) is 0 Å². The molecule has 0 saturated carbocycles. The lowest BCUT2D eigenvalue weighted by Gasteiger charge is -2.31. The van der Waals surface area contributed by atoms with E-state index in [-0.39, 0.29) is 24.8 Å². The van der Waals surface area contributed by atoms with Gasteiger partial charge in [0, 0.05) is 5.54 Å². The van der Waals surface area contributed by atoms with Gasteiger partial charge in [-0.3, -0.25) is 4.90 Å². The molecule has 0 aliphatic carbocycles. The molecule has 0 bridgehead atoms. The van der Waals surface area contributed by atoms with Crippen LogP contribution >= 0.6 is 24.8 Å². The van der Waals surface area contributed by atoms with Crippen LogP contribution in [0.15, 0.2) is 0 Å². The second kappa shape index (κ2) is 5.40. The fourth-order valence-corrected chi connectivity index (χ4v) is 2.90. The molecule has 0 aromatic carbocycles. The Hall–Kier alpha value is 0.500. The largest absolute Gasteiger partial charge is 0.330 e. The summed E-state index contributed by atoms with van der Waals surface area (Å²) in [5, 5.41) is 0. The highest BCUT2D eigenvalue weighted by molar-refractivity contribution is 5.85. The highest BCUT2D eigenvalue weighted by atomic mass is 35.5. The molecule has 2 rings (SSSR count). The van der Waals surface area contributed by atoms with Crippen molar-refractivity contribution in [3.63, 3.8) is 0 Å². The van der Waals surface area contributed by atoms with Gasteiger partial charge in [0.25, 0.3) is 0 Å². The van der Waals surface area contributed by atoms with Gasteiger partial charge in [-0.2, -0.15) is 0 Å². The Morgan fingerprint density at radius 3 is 2.08 bits per heavy atom. The maximum Gasteiger partial charge on any atom is 0.0222 e. The molecule has 2 fully saturated rings. The maximum absolute atomic E-state index is 5.63. The first kappa shape index (κ1) is 13.5.